The second-order valence-corrected chi connectivity index (χ2v) is 6.59. The summed E-state index contributed by atoms with van der Waals surface area (Å²) in [6, 6.07) is 6.11. The number of likely N-dealkylation sites (tertiary alicyclic amines) is 1. The van der Waals surface area contributed by atoms with Gasteiger partial charge in [0.05, 0.1) is 19.1 Å². The molecule has 0 radical (unpaired) electrons. The molecule has 0 aromatic heterocycles. The summed E-state index contributed by atoms with van der Waals surface area (Å²) < 4.78 is 24.1. The van der Waals surface area contributed by atoms with Gasteiger partial charge in [0.15, 0.2) is 5.96 Å². The summed E-state index contributed by atoms with van der Waals surface area (Å²) in [5.74, 6) is 0.865. The highest BCUT2D eigenvalue weighted by molar-refractivity contribution is 5.80. The van der Waals surface area contributed by atoms with Crippen molar-refractivity contribution in [2.24, 2.45) is 10.9 Å². The van der Waals surface area contributed by atoms with E-state index in [-0.39, 0.29) is 23.8 Å². The summed E-state index contributed by atoms with van der Waals surface area (Å²) >= 11 is 0. The number of hydrogen-bond donors (Lipinski definition) is 1. The first-order valence-corrected chi connectivity index (χ1v) is 9.65. The zero-order valence-corrected chi connectivity index (χ0v) is 16.4. The van der Waals surface area contributed by atoms with Gasteiger partial charge in [-0.25, -0.2) is 9.38 Å². The van der Waals surface area contributed by atoms with Crippen molar-refractivity contribution >= 4 is 11.9 Å². The molecule has 0 amide bonds. The molecule has 0 bridgehead atoms. The number of esters is 1. The molecule has 1 aromatic rings. The molecule has 1 N–H and O–H groups in total. The molecule has 1 aromatic carbocycles. The minimum Gasteiger partial charge on any atom is -0.489 e. The van der Waals surface area contributed by atoms with Crippen molar-refractivity contribution in [3.8, 4) is 5.75 Å². The van der Waals surface area contributed by atoms with E-state index in [0.717, 1.165) is 38.4 Å². The molecule has 2 rings (SSSR count). The van der Waals surface area contributed by atoms with Gasteiger partial charge in [0.25, 0.3) is 0 Å². The third-order valence-electron chi connectivity index (χ3n) is 4.38. The average molecular weight is 379 g/mol. The molecule has 27 heavy (non-hydrogen) atoms. The fourth-order valence-corrected chi connectivity index (χ4v) is 3.04. The van der Waals surface area contributed by atoms with Crippen molar-refractivity contribution in [2.75, 3.05) is 32.8 Å². The Bertz CT molecular complexity index is 631. The van der Waals surface area contributed by atoms with Crippen LogP contribution in [0.3, 0.4) is 0 Å². The topological polar surface area (TPSA) is 63.2 Å². The molecular weight excluding hydrogens is 349 g/mol. The first-order chi connectivity index (χ1) is 13.0. The maximum absolute atomic E-state index is 13.3. The number of nitrogens with zero attached hydrogens (tertiary/aromatic N) is 2. The lowest BCUT2D eigenvalue weighted by atomic mass is 9.97. The molecule has 1 atom stereocenters. The Hall–Kier alpha value is -2.31. The zero-order chi connectivity index (χ0) is 19.6. The van der Waals surface area contributed by atoms with Crippen LogP contribution in [0.2, 0.25) is 0 Å². The molecule has 1 aliphatic heterocycles. The minimum atomic E-state index is -0.319. The van der Waals surface area contributed by atoms with Crippen LogP contribution >= 0.6 is 0 Å². The van der Waals surface area contributed by atoms with E-state index in [9.17, 15) is 9.18 Å². The summed E-state index contributed by atoms with van der Waals surface area (Å²) in [5, 5.41) is 3.29. The summed E-state index contributed by atoms with van der Waals surface area (Å²) in [6.07, 6.45) is 1.34. The normalized spacial score (nSPS) is 16.7. The molecule has 0 saturated carbocycles. The second kappa shape index (κ2) is 10.7. The Morgan fingerprint density at radius 2 is 2.11 bits per heavy atom. The maximum atomic E-state index is 13.3. The molecule has 0 aliphatic carbocycles. The molecular formula is C20H30FN3O3. The van der Waals surface area contributed by atoms with E-state index in [4.69, 9.17) is 9.47 Å². The fraction of sp³-hybridized carbons (Fsp3) is 0.600. The van der Waals surface area contributed by atoms with Crippen LogP contribution in [0.4, 0.5) is 4.39 Å². The van der Waals surface area contributed by atoms with Crippen LogP contribution in [0, 0.1) is 11.7 Å². The van der Waals surface area contributed by atoms with Crippen molar-refractivity contribution in [1.29, 1.82) is 0 Å². The maximum Gasteiger partial charge on any atom is 0.309 e. The first kappa shape index (κ1) is 21.0. The van der Waals surface area contributed by atoms with Crippen LogP contribution in [-0.4, -0.2) is 55.7 Å². The predicted molar refractivity (Wildman–Crippen MR) is 103 cm³/mol. The van der Waals surface area contributed by atoms with Crippen molar-refractivity contribution in [3.63, 3.8) is 0 Å². The Morgan fingerprint density at radius 1 is 1.37 bits per heavy atom. The van der Waals surface area contributed by atoms with E-state index in [1.54, 1.807) is 12.1 Å². The smallest absolute Gasteiger partial charge is 0.309 e. The van der Waals surface area contributed by atoms with Crippen molar-refractivity contribution in [2.45, 2.75) is 39.7 Å². The number of aliphatic imine (C=N–C) groups is 1. The summed E-state index contributed by atoms with van der Waals surface area (Å²) in [4.78, 5) is 18.7. The zero-order valence-electron chi connectivity index (χ0n) is 16.4. The minimum absolute atomic E-state index is 0.0284. The molecule has 1 heterocycles. The molecule has 1 unspecified atom stereocenters. The lowest BCUT2D eigenvalue weighted by Crippen LogP contribution is -2.47. The third kappa shape index (κ3) is 6.73. The number of ether oxygens (including phenoxy) is 2. The van der Waals surface area contributed by atoms with Gasteiger partial charge in [0.1, 0.15) is 17.7 Å². The van der Waals surface area contributed by atoms with Crippen LogP contribution in [0.5, 0.6) is 5.75 Å². The monoisotopic (exact) mass is 379 g/mol. The van der Waals surface area contributed by atoms with Gasteiger partial charge in [-0.15, -0.1) is 0 Å². The van der Waals surface area contributed by atoms with Crippen LogP contribution in [-0.2, 0) is 9.53 Å². The third-order valence-corrected chi connectivity index (χ3v) is 4.38. The Morgan fingerprint density at radius 3 is 2.74 bits per heavy atom. The van der Waals surface area contributed by atoms with E-state index in [0.29, 0.717) is 18.9 Å². The number of rotatable bonds is 7. The highest BCUT2D eigenvalue weighted by atomic mass is 19.1. The number of guanidine groups is 1. The number of benzene rings is 1. The van der Waals surface area contributed by atoms with Crippen LogP contribution in [0.1, 0.15) is 33.6 Å². The van der Waals surface area contributed by atoms with Gasteiger partial charge in [-0.3, -0.25) is 4.79 Å². The van der Waals surface area contributed by atoms with E-state index in [1.165, 1.54) is 12.1 Å². The van der Waals surface area contributed by atoms with Gasteiger partial charge in [-0.05, 0) is 45.7 Å². The van der Waals surface area contributed by atoms with Gasteiger partial charge >= 0.3 is 5.97 Å². The number of hydrogen-bond acceptors (Lipinski definition) is 4. The highest BCUT2D eigenvalue weighted by Gasteiger charge is 2.27. The Labute approximate surface area is 160 Å². The van der Waals surface area contributed by atoms with Gasteiger partial charge < -0.3 is 19.7 Å². The quantitative estimate of drug-likeness (QED) is 0.448. The first-order valence-electron chi connectivity index (χ1n) is 9.65. The lowest BCUT2D eigenvalue weighted by Gasteiger charge is -2.33. The van der Waals surface area contributed by atoms with E-state index in [1.807, 2.05) is 20.8 Å². The van der Waals surface area contributed by atoms with Crippen LogP contribution < -0.4 is 10.1 Å². The molecule has 6 nitrogen and oxygen atoms in total. The van der Waals surface area contributed by atoms with Crippen molar-refractivity contribution < 1.29 is 18.7 Å². The second-order valence-electron chi connectivity index (χ2n) is 6.59. The molecule has 0 spiro atoms. The predicted octanol–water partition coefficient (Wildman–Crippen LogP) is 2.83. The van der Waals surface area contributed by atoms with E-state index >= 15 is 0 Å². The standard InChI is InChI=1S/C20H30FN3O3/c1-4-22-20(24-11-9-16(10-12-24)19(25)26-5-2)23-14-15(3)27-18-8-6-7-17(21)13-18/h6-8,13,15-16H,4-5,9-12,14H2,1-3H3,(H,22,23). The summed E-state index contributed by atoms with van der Waals surface area (Å²) in [7, 11) is 0. The van der Waals surface area contributed by atoms with Crippen molar-refractivity contribution in [3.05, 3.63) is 30.1 Å². The number of carbonyl (C=O) groups is 1. The lowest BCUT2D eigenvalue weighted by molar-refractivity contribution is -0.149. The van der Waals surface area contributed by atoms with Gasteiger partial charge in [-0.1, -0.05) is 6.07 Å². The molecule has 1 fully saturated rings. The fourth-order valence-electron chi connectivity index (χ4n) is 3.04. The van der Waals surface area contributed by atoms with Crippen LogP contribution in [0.25, 0.3) is 0 Å². The molecule has 1 aliphatic rings. The van der Waals surface area contributed by atoms with E-state index in [2.05, 4.69) is 15.2 Å². The van der Waals surface area contributed by atoms with Gasteiger partial charge in [0.2, 0.25) is 0 Å². The van der Waals surface area contributed by atoms with Crippen molar-refractivity contribution in [1.82, 2.24) is 10.2 Å². The highest BCUT2D eigenvalue weighted by Crippen LogP contribution is 2.19. The SMILES string of the molecule is CCNC(=NCC(C)Oc1cccc(F)c1)N1CCC(C(=O)OCC)CC1. The summed E-state index contributed by atoms with van der Waals surface area (Å²) in [6.45, 7) is 8.91. The summed E-state index contributed by atoms with van der Waals surface area (Å²) in [5.41, 5.74) is 0. The van der Waals surface area contributed by atoms with E-state index < -0.39 is 0 Å². The number of nitrogens with one attached hydrogen (secondary N) is 1. The molecule has 1 saturated heterocycles. The average Bonchev–Trinajstić information content (AvgIpc) is 2.65. The number of piperidine rings is 1. The number of halogens is 1. The molecule has 150 valence electrons. The van der Waals surface area contributed by atoms with Crippen LogP contribution in [0.15, 0.2) is 29.3 Å². The van der Waals surface area contributed by atoms with Gasteiger partial charge in [-0.2, -0.15) is 0 Å². The number of carbonyl (C=O) groups excluding carboxylic acids is 1. The Kier molecular flexibility index (Phi) is 8.36. The van der Waals surface area contributed by atoms with Gasteiger partial charge in [0, 0.05) is 25.7 Å². The Balaban J connectivity index is 1.89. The largest absolute Gasteiger partial charge is 0.489 e. The molecule has 7 heteroatoms.